The molecule has 1 amide bonds. The lowest BCUT2D eigenvalue weighted by molar-refractivity contribution is -0.135. The molecule has 0 unspecified atom stereocenters. The molecule has 0 heterocycles. The molecule has 1 aliphatic rings. The second kappa shape index (κ2) is 5.36. The molecular weight excluding hydrogens is 216 g/mol. The Labute approximate surface area is 104 Å². The molecule has 0 aliphatic heterocycles. The second-order valence-corrected chi connectivity index (χ2v) is 6.53. The smallest absolute Gasteiger partial charge is 0.241 e. The van der Waals surface area contributed by atoms with Crippen LogP contribution in [-0.2, 0) is 9.53 Å². The molecule has 0 saturated heterocycles. The Kier molecular flexibility index (Phi) is 4.55. The first-order valence-corrected chi connectivity index (χ1v) is 6.39. The van der Waals surface area contributed by atoms with E-state index < -0.39 is 5.41 Å². The van der Waals surface area contributed by atoms with Crippen LogP contribution in [0.25, 0.3) is 0 Å². The summed E-state index contributed by atoms with van der Waals surface area (Å²) in [6.07, 6.45) is 4.87. The third-order valence-electron chi connectivity index (χ3n) is 3.71. The average Bonchev–Trinajstić information content (AvgIpc) is 2.26. The van der Waals surface area contributed by atoms with Gasteiger partial charge in [-0.2, -0.15) is 0 Å². The summed E-state index contributed by atoms with van der Waals surface area (Å²) in [7, 11) is 0. The molecule has 0 aromatic carbocycles. The molecule has 0 radical (unpaired) electrons. The molecule has 0 aromatic heterocycles. The summed E-state index contributed by atoms with van der Waals surface area (Å²) >= 11 is 0. The van der Waals surface area contributed by atoms with E-state index in [0.717, 1.165) is 12.8 Å². The second-order valence-electron chi connectivity index (χ2n) is 6.53. The third kappa shape index (κ3) is 4.28. The van der Waals surface area contributed by atoms with Gasteiger partial charge in [0.05, 0.1) is 18.1 Å². The van der Waals surface area contributed by atoms with Crippen molar-refractivity contribution < 1.29 is 9.53 Å². The monoisotopic (exact) mass is 242 g/mol. The zero-order chi connectivity index (χ0) is 13.1. The molecule has 3 N–H and O–H groups in total. The van der Waals surface area contributed by atoms with Crippen LogP contribution in [-0.4, -0.2) is 18.6 Å². The van der Waals surface area contributed by atoms with Crippen molar-refractivity contribution in [3.8, 4) is 0 Å². The summed E-state index contributed by atoms with van der Waals surface area (Å²) in [4.78, 5) is 11.5. The first kappa shape index (κ1) is 14.5. The van der Waals surface area contributed by atoms with E-state index in [4.69, 9.17) is 10.6 Å². The number of rotatable bonds is 4. The minimum Gasteiger partial charge on any atom is -0.377 e. The van der Waals surface area contributed by atoms with E-state index in [1.54, 1.807) is 0 Å². The number of hydrazine groups is 1. The third-order valence-corrected chi connectivity index (χ3v) is 3.71. The molecule has 0 aromatic rings. The fraction of sp³-hybridized carbons (Fsp3) is 0.923. The zero-order valence-corrected chi connectivity index (χ0v) is 11.5. The lowest BCUT2D eigenvalue weighted by Crippen LogP contribution is -2.44. The van der Waals surface area contributed by atoms with E-state index in [-0.39, 0.29) is 5.91 Å². The predicted molar refractivity (Wildman–Crippen MR) is 68.1 cm³/mol. The normalized spacial score (nSPS) is 21.2. The molecule has 1 rings (SSSR count). The standard InChI is InChI=1S/C13H26N2O2/c1-12(2)7-5-10(6-8-12)17-9-13(3,4)11(16)15-14/h10H,5-9,14H2,1-4H3,(H,15,16). The summed E-state index contributed by atoms with van der Waals surface area (Å²) in [5.41, 5.74) is 2.08. The largest absolute Gasteiger partial charge is 0.377 e. The maximum atomic E-state index is 11.5. The van der Waals surface area contributed by atoms with Gasteiger partial charge in [0, 0.05) is 0 Å². The van der Waals surface area contributed by atoms with Crippen molar-refractivity contribution in [2.24, 2.45) is 16.7 Å². The van der Waals surface area contributed by atoms with E-state index >= 15 is 0 Å². The van der Waals surface area contributed by atoms with Crippen molar-refractivity contribution >= 4 is 5.91 Å². The Bertz CT molecular complexity index is 265. The van der Waals surface area contributed by atoms with Gasteiger partial charge < -0.3 is 4.74 Å². The van der Waals surface area contributed by atoms with Crippen LogP contribution in [0.2, 0.25) is 0 Å². The summed E-state index contributed by atoms with van der Waals surface area (Å²) in [6.45, 7) is 8.73. The molecule has 100 valence electrons. The van der Waals surface area contributed by atoms with Gasteiger partial charge in [0.2, 0.25) is 5.91 Å². The fourth-order valence-electron chi connectivity index (χ4n) is 2.13. The van der Waals surface area contributed by atoms with E-state index in [1.807, 2.05) is 13.8 Å². The molecule has 4 heteroatoms. The number of amides is 1. The van der Waals surface area contributed by atoms with Crippen LogP contribution in [0, 0.1) is 10.8 Å². The Morgan fingerprint density at radius 2 is 1.94 bits per heavy atom. The van der Waals surface area contributed by atoms with Gasteiger partial charge in [0.25, 0.3) is 0 Å². The van der Waals surface area contributed by atoms with Gasteiger partial charge in [-0.05, 0) is 44.9 Å². The molecular formula is C13H26N2O2. The van der Waals surface area contributed by atoms with Crippen LogP contribution in [0.15, 0.2) is 0 Å². The highest BCUT2D eigenvalue weighted by Gasteiger charge is 2.31. The van der Waals surface area contributed by atoms with Gasteiger partial charge in [0.1, 0.15) is 0 Å². The van der Waals surface area contributed by atoms with Crippen LogP contribution >= 0.6 is 0 Å². The predicted octanol–water partition coefficient (Wildman–Crippen LogP) is 1.99. The van der Waals surface area contributed by atoms with Crippen molar-refractivity contribution in [1.29, 1.82) is 0 Å². The Morgan fingerprint density at radius 1 is 1.41 bits per heavy atom. The summed E-state index contributed by atoms with van der Waals surface area (Å²) in [5.74, 6) is 4.97. The highest BCUT2D eigenvalue weighted by Crippen LogP contribution is 2.36. The quantitative estimate of drug-likeness (QED) is 0.450. The van der Waals surface area contributed by atoms with Crippen LogP contribution in [0.4, 0.5) is 0 Å². The van der Waals surface area contributed by atoms with Gasteiger partial charge in [-0.15, -0.1) is 0 Å². The van der Waals surface area contributed by atoms with Crippen molar-refractivity contribution in [2.75, 3.05) is 6.61 Å². The number of ether oxygens (including phenoxy) is 1. The lowest BCUT2D eigenvalue weighted by Gasteiger charge is -2.35. The number of nitrogens with two attached hydrogens (primary N) is 1. The van der Waals surface area contributed by atoms with Gasteiger partial charge >= 0.3 is 0 Å². The Morgan fingerprint density at radius 3 is 2.41 bits per heavy atom. The highest BCUT2D eigenvalue weighted by molar-refractivity contribution is 5.81. The molecule has 0 atom stereocenters. The fourth-order valence-corrected chi connectivity index (χ4v) is 2.13. The molecule has 4 nitrogen and oxygen atoms in total. The van der Waals surface area contributed by atoms with Crippen molar-refractivity contribution in [3.63, 3.8) is 0 Å². The maximum Gasteiger partial charge on any atom is 0.241 e. The number of hydrogen-bond donors (Lipinski definition) is 2. The molecule has 1 saturated carbocycles. The Balaban J connectivity index is 2.35. The first-order chi connectivity index (χ1) is 7.77. The van der Waals surface area contributed by atoms with Gasteiger partial charge in [-0.1, -0.05) is 13.8 Å². The number of nitrogens with one attached hydrogen (secondary N) is 1. The van der Waals surface area contributed by atoms with E-state index in [1.165, 1.54) is 12.8 Å². The summed E-state index contributed by atoms with van der Waals surface area (Å²) in [5, 5.41) is 0. The molecule has 0 spiro atoms. The zero-order valence-electron chi connectivity index (χ0n) is 11.5. The minimum absolute atomic E-state index is 0.173. The van der Waals surface area contributed by atoms with Gasteiger partial charge in [-0.3, -0.25) is 10.2 Å². The summed E-state index contributed by atoms with van der Waals surface area (Å²) in [6, 6.07) is 0. The minimum atomic E-state index is -0.554. The van der Waals surface area contributed by atoms with E-state index in [0.29, 0.717) is 18.1 Å². The number of hydrogen-bond acceptors (Lipinski definition) is 3. The van der Waals surface area contributed by atoms with Crippen LogP contribution in [0.3, 0.4) is 0 Å². The highest BCUT2D eigenvalue weighted by atomic mass is 16.5. The van der Waals surface area contributed by atoms with Crippen molar-refractivity contribution in [1.82, 2.24) is 5.43 Å². The van der Waals surface area contributed by atoms with E-state index in [2.05, 4.69) is 19.3 Å². The molecule has 1 aliphatic carbocycles. The maximum absolute atomic E-state index is 11.5. The molecule has 1 fully saturated rings. The number of carbonyl (C=O) groups is 1. The molecule has 0 bridgehead atoms. The van der Waals surface area contributed by atoms with Crippen LogP contribution in [0.5, 0.6) is 0 Å². The average molecular weight is 242 g/mol. The van der Waals surface area contributed by atoms with Crippen LogP contribution in [0.1, 0.15) is 53.4 Å². The first-order valence-electron chi connectivity index (χ1n) is 6.39. The topological polar surface area (TPSA) is 64.3 Å². The van der Waals surface area contributed by atoms with Gasteiger partial charge in [0.15, 0.2) is 0 Å². The van der Waals surface area contributed by atoms with Crippen LogP contribution < -0.4 is 11.3 Å². The van der Waals surface area contributed by atoms with Gasteiger partial charge in [-0.25, -0.2) is 5.84 Å². The SMILES string of the molecule is CC1(C)CCC(OCC(C)(C)C(=O)NN)CC1. The summed E-state index contributed by atoms with van der Waals surface area (Å²) < 4.78 is 5.85. The lowest BCUT2D eigenvalue weighted by atomic mass is 9.76. The number of carbonyl (C=O) groups excluding carboxylic acids is 1. The van der Waals surface area contributed by atoms with Crippen molar-refractivity contribution in [3.05, 3.63) is 0 Å². The van der Waals surface area contributed by atoms with E-state index in [9.17, 15) is 4.79 Å². The molecule has 17 heavy (non-hydrogen) atoms. The Hall–Kier alpha value is -0.610. The van der Waals surface area contributed by atoms with Crippen molar-refractivity contribution in [2.45, 2.75) is 59.5 Å².